The molecule has 1 aliphatic carbocycles. The molecule has 0 radical (unpaired) electrons. The SMILES string of the molecule is CN1C2C=C(c3c[nH]c4ccc(NC(=N)c5cccs5)cc34)CCCC21C. The molecule has 1 saturated heterocycles. The van der Waals surface area contributed by atoms with Crippen molar-refractivity contribution in [1.82, 2.24) is 9.88 Å². The van der Waals surface area contributed by atoms with Crippen molar-refractivity contribution in [2.24, 2.45) is 0 Å². The van der Waals surface area contributed by atoms with Crippen LogP contribution in [0.5, 0.6) is 0 Å². The van der Waals surface area contributed by atoms with Gasteiger partial charge in [-0.05, 0) is 68.5 Å². The van der Waals surface area contributed by atoms with Crippen molar-refractivity contribution < 1.29 is 0 Å². The summed E-state index contributed by atoms with van der Waals surface area (Å²) in [6.45, 7) is 2.38. The lowest BCUT2D eigenvalue weighted by molar-refractivity contribution is 0.455. The second-order valence-corrected chi connectivity index (χ2v) is 8.85. The summed E-state index contributed by atoms with van der Waals surface area (Å²) >= 11 is 1.58. The number of hydrogen-bond donors (Lipinski definition) is 3. The summed E-state index contributed by atoms with van der Waals surface area (Å²) in [5.41, 5.74) is 5.22. The smallest absolute Gasteiger partial charge is 0.140 e. The fourth-order valence-corrected chi connectivity index (χ4v) is 5.10. The van der Waals surface area contributed by atoms with Gasteiger partial charge in [-0.25, -0.2) is 0 Å². The van der Waals surface area contributed by atoms with Crippen LogP contribution < -0.4 is 5.32 Å². The number of thiophene rings is 1. The Balaban J connectivity index is 1.48. The molecule has 2 aromatic heterocycles. The van der Waals surface area contributed by atoms with E-state index >= 15 is 0 Å². The number of rotatable bonds is 3. The number of nitrogens with zero attached hydrogens (tertiary/aromatic N) is 1. The van der Waals surface area contributed by atoms with Crippen LogP contribution in [0.15, 0.2) is 48.0 Å². The molecule has 1 fully saturated rings. The highest BCUT2D eigenvalue weighted by Gasteiger charge is 2.55. The van der Waals surface area contributed by atoms with E-state index in [9.17, 15) is 0 Å². The summed E-state index contributed by atoms with van der Waals surface area (Å²) in [7, 11) is 2.23. The van der Waals surface area contributed by atoms with Gasteiger partial charge in [0.15, 0.2) is 0 Å². The first-order chi connectivity index (χ1) is 13.1. The quantitative estimate of drug-likeness (QED) is 0.330. The number of anilines is 1. The third kappa shape index (κ3) is 2.73. The largest absolute Gasteiger partial charge is 0.361 e. The van der Waals surface area contributed by atoms with Gasteiger partial charge < -0.3 is 10.3 Å². The molecule has 3 unspecified atom stereocenters. The normalized spacial score (nSPS) is 27.0. The van der Waals surface area contributed by atoms with Crippen LogP contribution >= 0.6 is 11.3 Å². The van der Waals surface area contributed by atoms with Gasteiger partial charge in [0.05, 0.1) is 4.88 Å². The Bertz CT molecular complexity index is 1050. The zero-order valence-electron chi connectivity index (χ0n) is 15.7. The molecule has 3 heterocycles. The average molecular weight is 377 g/mol. The highest BCUT2D eigenvalue weighted by Crippen LogP contribution is 2.48. The van der Waals surface area contributed by atoms with E-state index in [1.54, 1.807) is 11.3 Å². The minimum atomic E-state index is 0.358. The van der Waals surface area contributed by atoms with Crippen molar-refractivity contribution >= 4 is 39.3 Å². The van der Waals surface area contributed by atoms with E-state index in [2.05, 4.69) is 53.6 Å². The van der Waals surface area contributed by atoms with Gasteiger partial charge >= 0.3 is 0 Å². The molecular weight excluding hydrogens is 352 g/mol. The fourth-order valence-electron chi connectivity index (χ4n) is 4.47. The summed E-state index contributed by atoms with van der Waals surface area (Å²) in [5.74, 6) is 0.450. The number of likely N-dealkylation sites (N-methyl/N-ethyl adjacent to an activating group) is 1. The Kier molecular flexibility index (Phi) is 3.78. The lowest BCUT2D eigenvalue weighted by Crippen LogP contribution is -2.10. The number of aromatic amines is 1. The lowest BCUT2D eigenvalue weighted by atomic mass is 9.99. The number of nitrogens with one attached hydrogen (secondary N) is 3. The van der Waals surface area contributed by atoms with Crippen LogP contribution in [0, 0.1) is 5.41 Å². The first-order valence-electron chi connectivity index (χ1n) is 9.51. The highest BCUT2D eigenvalue weighted by atomic mass is 32.1. The summed E-state index contributed by atoms with van der Waals surface area (Å²) in [4.78, 5) is 6.86. The van der Waals surface area contributed by atoms with E-state index in [0.717, 1.165) is 22.5 Å². The number of hydrogen-bond acceptors (Lipinski definition) is 3. The minimum absolute atomic E-state index is 0.358. The van der Waals surface area contributed by atoms with Crippen LogP contribution in [0.4, 0.5) is 5.69 Å². The number of fused-ring (bicyclic) bond motifs is 2. The molecule has 3 aromatic rings. The van der Waals surface area contributed by atoms with Gasteiger partial charge in [0.2, 0.25) is 0 Å². The summed E-state index contributed by atoms with van der Waals surface area (Å²) in [5, 5.41) is 14.8. The Morgan fingerprint density at radius 3 is 3.07 bits per heavy atom. The first kappa shape index (κ1) is 16.8. The molecule has 27 heavy (non-hydrogen) atoms. The van der Waals surface area contributed by atoms with Crippen molar-refractivity contribution in [3.63, 3.8) is 0 Å². The second-order valence-electron chi connectivity index (χ2n) is 7.90. The van der Waals surface area contributed by atoms with Crippen molar-refractivity contribution in [2.45, 2.75) is 37.8 Å². The monoisotopic (exact) mass is 376 g/mol. The topological polar surface area (TPSA) is 54.7 Å². The maximum atomic E-state index is 8.28. The highest BCUT2D eigenvalue weighted by molar-refractivity contribution is 7.12. The van der Waals surface area contributed by atoms with E-state index in [1.165, 1.54) is 29.4 Å². The molecular formula is C22H24N4S. The van der Waals surface area contributed by atoms with E-state index in [0.29, 0.717) is 17.4 Å². The van der Waals surface area contributed by atoms with Crippen molar-refractivity contribution in [1.29, 1.82) is 5.41 Å². The summed E-state index contributed by atoms with van der Waals surface area (Å²) in [6.07, 6.45) is 8.26. The van der Waals surface area contributed by atoms with E-state index in [4.69, 9.17) is 5.41 Å². The van der Waals surface area contributed by atoms with Gasteiger partial charge in [0.1, 0.15) is 5.84 Å². The lowest BCUT2D eigenvalue weighted by Gasteiger charge is -2.10. The van der Waals surface area contributed by atoms with Gasteiger partial charge in [-0.3, -0.25) is 10.3 Å². The summed E-state index contributed by atoms with van der Waals surface area (Å²) < 4.78 is 0. The van der Waals surface area contributed by atoms with Gasteiger partial charge in [-0.2, -0.15) is 0 Å². The van der Waals surface area contributed by atoms with Crippen LogP contribution in [0.1, 0.15) is 36.6 Å². The Labute approximate surface area is 163 Å². The van der Waals surface area contributed by atoms with Crippen LogP contribution in [-0.4, -0.2) is 34.3 Å². The Morgan fingerprint density at radius 2 is 2.26 bits per heavy atom. The third-order valence-electron chi connectivity index (χ3n) is 6.35. The van der Waals surface area contributed by atoms with Crippen LogP contribution in [0.3, 0.4) is 0 Å². The van der Waals surface area contributed by atoms with Crippen molar-refractivity contribution in [3.8, 4) is 0 Å². The Morgan fingerprint density at radius 1 is 1.37 bits per heavy atom. The van der Waals surface area contributed by atoms with Crippen molar-refractivity contribution in [2.75, 3.05) is 12.4 Å². The van der Waals surface area contributed by atoms with E-state index in [-0.39, 0.29) is 0 Å². The first-order valence-corrected chi connectivity index (χ1v) is 10.4. The molecule has 0 amide bonds. The number of benzene rings is 1. The van der Waals surface area contributed by atoms with Gasteiger partial charge in [0.25, 0.3) is 0 Å². The maximum Gasteiger partial charge on any atom is 0.140 e. The molecule has 138 valence electrons. The molecule has 3 atom stereocenters. The van der Waals surface area contributed by atoms with Gasteiger partial charge in [-0.15, -0.1) is 11.3 Å². The second kappa shape index (κ2) is 6.08. The van der Waals surface area contributed by atoms with E-state index in [1.807, 2.05) is 23.6 Å². The predicted octanol–water partition coefficient (Wildman–Crippen LogP) is 5.31. The van der Waals surface area contributed by atoms with E-state index < -0.39 is 0 Å². The zero-order valence-corrected chi connectivity index (χ0v) is 16.5. The molecule has 0 bridgehead atoms. The molecule has 1 aliphatic heterocycles. The minimum Gasteiger partial charge on any atom is -0.361 e. The predicted molar refractivity (Wildman–Crippen MR) is 115 cm³/mol. The maximum absolute atomic E-state index is 8.28. The molecule has 0 spiro atoms. The summed E-state index contributed by atoms with van der Waals surface area (Å²) in [6, 6.07) is 10.8. The number of aromatic nitrogens is 1. The average Bonchev–Trinajstić information content (AvgIpc) is 3.11. The number of H-pyrrole nitrogens is 1. The fraction of sp³-hybridized carbons (Fsp3) is 0.318. The molecule has 5 heteroatoms. The molecule has 5 rings (SSSR count). The third-order valence-corrected chi connectivity index (χ3v) is 7.23. The number of allylic oxidation sites excluding steroid dienone is 1. The van der Waals surface area contributed by atoms with Gasteiger partial charge in [-0.1, -0.05) is 12.1 Å². The molecule has 3 N–H and O–H groups in total. The molecule has 4 nitrogen and oxygen atoms in total. The van der Waals surface area contributed by atoms with Gasteiger partial charge in [0, 0.05) is 39.9 Å². The number of amidine groups is 1. The standard InChI is InChI=1S/C22H24N4S/c1-22-9-3-5-14(11-20(22)26(22)2)17-13-24-18-8-7-15(12-16(17)18)25-21(23)19-6-4-10-27-19/h4,6-8,10-13,20,24H,3,5,9H2,1-2H3,(H2,23,25). The van der Waals surface area contributed by atoms with Crippen LogP contribution in [0.25, 0.3) is 16.5 Å². The van der Waals surface area contributed by atoms with Crippen LogP contribution in [-0.2, 0) is 0 Å². The molecule has 1 aromatic carbocycles. The van der Waals surface area contributed by atoms with Crippen LogP contribution in [0.2, 0.25) is 0 Å². The Hall–Kier alpha value is -2.37. The molecule has 2 aliphatic rings. The zero-order chi connectivity index (χ0) is 18.6. The molecule has 0 saturated carbocycles. The van der Waals surface area contributed by atoms with Crippen molar-refractivity contribution in [3.05, 3.63) is 58.4 Å².